The summed E-state index contributed by atoms with van der Waals surface area (Å²) in [4.78, 5) is 28.8. The Morgan fingerprint density at radius 1 is 1.00 bits per heavy atom. The Hall–Kier alpha value is -3.71. The number of aromatic nitrogens is 1. The van der Waals surface area contributed by atoms with Gasteiger partial charge >= 0.3 is 0 Å². The number of piperidine rings is 1. The van der Waals surface area contributed by atoms with E-state index in [2.05, 4.69) is 20.9 Å². The second-order valence-corrected chi connectivity index (χ2v) is 8.05. The maximum Gasteiger partial charge on any atom is 0.251 e. The molecule has 2 heterocycles. The molecule has 1 aromatic heterocycles. The first kappa shape index (κ1) is 22.5. The number of para-hydroxylation sites is 1. The zero-order valence-corrected chi connectivity index (χ0v) is 18.4. The van der Waals surface area contributed by atoms with Gasteiger partial charge in [0.2, 0.25) is 5.91 Å². The van der Waals surface area contributed by atoms with Gasteiger partial charge in [-0.1, -0.05) is 30.3 Å². The van der Waals surface area contributed by atoms with Crippen LogP contribution in [0.5, 0.6) is 5.75 Å². The Morgan fingerprint density at radius 3 is 2.52 bits per heavy atom. The molecule has 7 heteroatoms. The average Bonchev–Trinajstić information content (AvgIpc) is 2.87. The summed E-state index contributed by atoms with van der Waals surface area (Å²) in [5, 5.41) is 8.77. The SMILES string of the molecule is O=C(CNC(=O)c1ccc(-c2cnccc2OCC2CCNCC2)cc1)Nc1ccccc1. The summed E-state index contributed by atoms with van der Waals surface area (Å²) in [5.41, 5.74) is 2.98. The fourth-order valence-corrected chi connectivity index (χ4v) is 3.77. The van der Waals surface area contributed by atoms with Crippen LogP contribution < -0.4 is 20.7 Å². The molecule has 1 fully saturated rings. The van der Waals surface area contributed by atoms with E-state index in [0.717, 1.165) is 42.8 Å². The fraction of sp³-hybridized carbons (Fsp3) is 0.269. The van der Waals surface area contributed by atoms with Gasteiger partial charge < -0.3 is 20.7 Å². The van der Waals surface area contributed by atoms with E-state index in [1.165, 1.54) is 0 Å². The minimum Gasteiger partial charge on any atom is -0.493 e. The summed E-state index contributed by atoms with van der Waals surface area (Å²) < 4.78 is 6.13. The first-order chi connectivity index (χ1) is 16.2. The van der Waals surface area contributed by atoms with E-state index in [0.29, 0.717) is 23.8 Å². The molecule has 0 saturated carbocycles. The van der Waals surface area contributed by atoms with Crippen LogP contribution in [0.3, 0.4) is 0 Å². The average molecular weight is 445 g/mol. The van der Waals surface area contributed by atoms with Crippen molar-refractivity contribution >= 4 is 17.5 Å². The molecular formula is C26H28N4O3. The van der Waals surface area contributed by atoms with Crippen LogP contribution in [0, 0.1) is 5.92 Å². The number of pyridine rings is 1. The standard InChI is InChI=1S/C26H28N4O3/c31-25(30-22-4-2-1-3-5-22)17-29-26(32)21-8-6-20(7-9-21)23-16-28-15-12-24(23)33-18-19-10-13-27-14-11-19/h1-9,12,15-16,19,27H,10-11,13-14,17-18H2,(H,29,32)(H,30,31). The van der Waals surface area contributed by atoms with Crippen LogP contribution >= 0.6 is 0 Å². The topological polar surface area (TPSA) is 92.4 Å². The highest BCUT2D eigenvalue weighted by Crippen LogP contribution is 2.30. The molecule has 0 bridgehead atoms. The number of ether oxygens (including phenoxy) is 1. The molecule has 170 valence electrons. The second kappa shape index (κ2) is 11.2. The first-order valence-corrected chi connectivity index (χ1v) is 11.2. The lowest BCUT2D eigenvalue weighted by Crippen LogP contribution is -2.32. The van der Waals surface area contributed by atoms with Crippen molar-refractivity contribution < 1.29 is 14.3 Å². The minimum absolute atomic E-state index is 0.104. The van der Waals surface area contributed by atoms with E-state index >= 15 is 0 Å². The molecule has 0 radical (unpaired) electrons. The highest BCUT2D eigenvalue weighted by molar-refractivity contribution is 5.99. The highest BCUT2D eigenvalue weighted by Gasteiger charge is 2.15. The lowest BCUT2D eigenvalue weighted by molar-refractivity contribution is -0.115. The van der Waals surface area contributed by atoms with E-state index < -0.39 is 0 Å². The number of rotatable bonds is 8. The molecule has 0 aliphatic carbocycles. The third kappa shape index (κ3) is 6.40. The Balaban J connectivity index is 1.34. The smallest absolute Gasteiger partial charge is 0.251 e. The summed E-state index contributed by atoms with van der Waals surface area (Å²) in [5.74, 6) is 0.756. The third-order valence-electron chi connectivity index (χ3n) is 5.64. The molecular weight excluding hydrogens is 416 g/mol. The Labute approximate surface area is 193 Å². The molecule has 1 aliphatic heterocycles. The Morgan fingerprint density at radius 2 is 1.76 bits per heavy atom. The van der Waals surface area contributed by atoms with Gasteiger partial charge in [0, 0.05) is 29.2 Å². The fourth-order valence-electron chi connectivity index (χ4n) is 3.77. The van der Waals surface area contributed by atoms with Gasteiger partial charge in [-0.3, -0.25) is 14.6 Å². The van der Waals surface area contributed by atoms with Crippen LogP contribution in [0.4, 0.5) is 5.69 Å². The van der Waals surface area contributed by atoms with Gasteiger partial charge in [-0.25, -0.2) is 0 Å². The Bertz CT molecular complexity index is 1060. The van der Waals surface area contributed by atoms with Gasteiger partial charge in [0.25, 0.3) is 5.91 Å². The van der Waals surface area contributed by atoms with Gasteiger partial charge in [0.15, 0.2) is 0 Å². The molecule has 2 amide bonds. The molecule has 0 atom stereocenters. The molecule has 2 aromatic carbocycles. The van der Waals surface area contributed by atoms with E-state index in [9.17, 15) is 9.59 Å². The first-order valence-electron chi connectivity index (χ1n) is 11.2. The molecule has 4 rings (SSSR count). The molecule has 1 saturated heterocycles. The number of hydrogen-bond acceptors (Lipinski definition) is 5. The maximum atomic E-state index is 12.5. The van der Waals surface area contributed by atoms with Crippen molar-refractivity contribution in [3.05, 3.63) is 78.6 Å². The molecule has 0 spiro atoms. The molecule has 3 N–H and O–H groups in total. The van der Waals surface area contributed by atoms with Gasteiger partial charge in [0.1, 0.15) is 5.75 Å². The van der Waals surface area contributed by atoms with Crippen molar-refractivity contribution in [2.75, 3.05) is 31.6 Å². The number of carbonyl (C=O) groups excluding carboxylic acids is 2. The molecule has 3 aromatic rings. The van der Waals surface area contributed by atoms with Crippen LogP contribution in [-0.4, -0.2) is 43.0 Å². The molecule has 33 heavy (non-hydrogen) atoms. The number of anilines is 1. The summed E-state index contributed by atoms with van der Waals surface area (Å²) in [6, 6.07) is 18.2. The number of benzene rings is 2. The number of hydrogen-bond donors (Lipinski definition) is 3. The predicted octanol–water partition coefficient (Wildman–Crippen LogP) is 3.50. The van der Waals surface area contributed by atoms with E-state index in [-0.39, 0.29) is 18.4 Å². The van der Waals surface area contributed by atoms with Crippen molar-refractivity contribution in [3.63, 3.8) is 0 Å². The summed E-state index contributed by atoms with van der Waals surface area (Å²) in [6.45, 7) is 2.65. The largest absolute Gasteiger partial charge is 0.493 e. The van der Waals surface area contributed by atoms with Gasteiger partial charge in [-0.15, -0.1) is 0 Å². The normalized spacial score (nSPS) is 13.8. The van der Waals surface area contributed by atoms with Crippen molar-refractivity contribution in [1.29, 1.82) is 0 Å². The quantitative estimate of drug-likeness (QED) is 0.495. The molecule has 0 unspecified atom stereocenters. The van der Waals surface area contributed by atoms with Crippen molar-refractivity contribution in [3.8, 4) is 16.9 Å². The number of nitrogens with one attached hydrogen (secondary N) is 3. The van der Waals surface area contributed by atoms with Crippen LogP contribution in [0.1, 0.15) is 23.2 Å². The second-order valence-electron chi connectivity index (χ2n) is 8.05. The summed E-state index contributed by atoms with van der Waals surface area (Å²) in [6.07, 6.45) is 5.74. The van der Waals surface area contributed by atoms with Crippen molar-refractivity contribution in [1.82, 2.24) is 15.6 Å². The van der Waals surface area contributed by atoms with Gasteiger partial charge in [-0.05, 0) is 67.7 Å². The third-order valence-corrected chi connectivity index (χ3v) is 5.64. The number of nitrogens with zero attached hydrogens (tertiary/aromatic N) is 1. The molecule has 7 nitrogen and oxygen atoms in total. The van der Waals surface area contributed by atoms with Gasteiger partial charge in [0.05, 0.1) is 13.2 Å². The van der Waals surface area contributed by atoms with Crippen molar-refractivity contribution in [2.24, 2.45) is 5.92 Å². The van der Waals surface area contributed by atoms with E-state index in [1.807, 2.05) is 36.4 Å². The Kier molecular flexibility index (Phi) is 7.66. The summed E-state index contributed by atoms with van der Waals surface area (Å²) in [7, 11) is 0. The minimum atomic E-state index is -0.307. The lowest BCUT2D eigenvalue weighted by Gasteiger charge is -2.23. The predicted molar refractivity (Wildman–Crippen MR) is 128 cm³/mol. The zero-order chi connectivity index (χ0) is 22.9. The van der Waals surface area contributed by atoms with E-state index in [1.54, 1.807) is 36.7 Å². The molecule has 1 aliphatic rings. The van der Waals surface area contributed by atoms with E-state index in [4.69, 9.17) is 4.74 Å². The zero-order valence-electron chi connectivity index (χ0n) is 18.4. The lowest BCUT2D eigenvalue weighted by atomic mass is 9.99. The number of amides is 2. The monoisotopic (exact) mass is 444 g/mol. The number of carbonyl (C=O) groups is 2. The van der Waals surface area contributed by atoms with Crippen LogP contribution in [-0.2, 0) is 4.79 Å². The van der Waals surface area contributed by atoms with Crippen LogP contribution in [0.25, 0.3) is 11.1 Å². The van der Waals surface area contributed by atoms with Crippen molar-refractivity contribution in [2.45, 2.75) is 12.8 Å². The highest BCUT2D eigenvalue weighted by atomic mass is 16.5. The van der Waals surface area contributed by atoms with Crippen LogP contribution in [0.2, 0.25) is 0 Å². The summed E-state index contributed by atoms with van der Waals surface area (Å²) >= 11 is 0. The van der Waals surface area contributed by atoms with Gasteiger partial charge in [-0.2, -0.15) is 0 Å². The maximum absolute atomic E-state index is 12.5. The van der Waals surface area contributed by atoms with Crippen LogP contribution in [0.15, 0.2) is 73.1 Å².